The molecule has 2 aromatic rings. The molecule has 0 bridgehead atoms. The summed E-state index contributed by atoms with van der Waals surface area (Å²) < 4.78 is 17.4. The second-order valence-electron chi connectivity index (χ2n) is 2.81. The van der Waals surface area contributed by atoms with Gasteiger partial charge in [0.2, 0.25) is 11.8 Å². The Hall–Kier alpha value is -2.05. The Kier molecular flexibility index (Phi) is 2.53. The predicted octanol–water partition coefficient (Wildman–Crippen LogP) is 0.919. The first-order chi connectivity index (χ1) is 7.24. The van der Waals surface area contributed by atoms with Crippen molar-refractivity contribution in [2.75, 3.05) is 5.32 Å². The molecule has 2 rings (SSSR count). The summed E-state index contributed by atoms with van der Waals surface area (Å²) in [7, 11) is 0. The molecule has 2 aromatic heterocycles. The molecule has 2 heterocycles. The van der Waals surface area contributed by atoms with Crippen molar-refractivity contribution in [3.8, 4) is 0 Å². The smallest absolute Gasteiger partial charge is 0.223 e. The maximum atomic E-state index is 12.7. The molecule has 0 aliphatic carbocycles. The number of halogens is 1. The Morgan fingerprint density at radius 2 is 2.33 bits per heavy atom. The molecular weight excluding hydrogens is 201 g/mol. The summed E-state index contributed by atoms with van der Waals surface area (Å²) in [6.07, 6.45) is 1.14. The molecule has 0 atom stereocenters. The maximum Gasteiger partial charge on any atom is 0.223 e. The molecule has 0 fully saturated rings. The molecule has 0 aliphatic heterocycles. The van der Waals surface area contributed by atoms with Gasteiger partial charge in [0.1, 0.15) is 12.1 Å². The van der Waals surface area contributed by atoms with E-state index in [0.29, 0.717) is 24.1 Å². The molecule has 0 aromatic carbocycles. The van der Waals surface area contributed by atoms with Crippen molar-refractivity contribution in [1.29, 1.82) is 0 Å². The van der Waals surface area contributed by atoms with E-state index in [1.54, 1.807) is 6.92 Å². The number of anilines is 1. The molecule has 0 saturated heterocycles. The van der Waals surface area contributed by atoms with Crippen LogP contribution in [-0.4, -0.2) is 20.1 Å². The molecule has 6 nitrogen and oxygen atoms in total. The fraction of sp³-hybridized carbons (Fsp3) is 0.250. The van der Waals surface area contributed by atoms with Gasteiger partial charge in [0.05, 0.1) is 6.54 Å². The third kappa shape index (κ3) is 2.46. The zero-order valence-electron chi connectivity index (χ0n) is 7.94. The monoisotopic (exact) mass is 209 g/mol. The van der Waals surface area contributed by atoms with E-state index in [4.69, 9.17) is 4.52 Å². The molecule has 0 amide bonds. The van der Waals surface area contributed by atoms with E-state index in [9.17, 15) is 4.39 Å². The van der Waals surface area contributed by atoms with Gasteiger partial charge in [-0.3, -0.25) is 0 Å². The fourth-order valence-corrected chi connectivity index (χ4v) is 1.01. The summed E-state index contributed by atoms with van der Waals surface area (Å²) in [6, 6.07) is 1.19. The molecule has 0 spiro atoms. The van der Waals surface area contributed by atoms with E-state index in [1.807, 2.05) is 0 Å². The van der Waals surface area contributed by atoms with Crippen LogP contribution in [0.2, 0.25) is 0 Å². The number of nitrogens with zero attached hydrogens (tertiary/aromatic N) is 4. The van der Waals surface area contributed by atoms with Crippen LogP contribution in [0.3, 0.4) is 0 Å². The summed E-state index contributed by atoms with van der Waals surface area (Å²) in [4.78, 5) is 11.1. The van der Waals surface area contributed by atoms with Crippen LogP contribution in [0.15, 0.2) is 16.9 Å². The first kappa shape index (κ1) is 9.50. The van der Waals surface area contributed by atoms with Crippen molar-refractivity contribution in [2.45, 2.75) is 13.5 Å². The molecule has 0 radical (unpaired) electrons. The van der Waals surface area contributed by atoms with E-state index in [1.165, 1.54) is 6.07 Å². The van der Waals surface area contributed by atoms with Gasteiger partial charge in [-0.15, -0.1) is 0 Å². The van der Waals surface area contributed by atoms with Gasteiger partial charge in [-0.1, -0.05) is 5.16 Å². The summed E-state index contributed by atoms with van der Waals surface area (Å²) in [5, 5.41) is 6.51. The van der Waals surface area contributed by atoms with Gasteiger partial charge in [0, 0.05) is 13.0 Å². The number of aromatic nitrogens is 4. The highest BCUT2D eigenvalue weighted by molar-refractivity contribution is 5.32. The lowest BCUT2D eigenvalue weighted by molar-refractivity contribution is 0.388. The summed E-state index contributed by atoms with van der Waals surface area (Å²) in [5.74, 6) is 0.772. The molecule has 7 heteroatoms. The van der Waals surface area contributed by atoms with Crippen molar-refractivity contribution in [2.24, 2.45) is 0 Å². The van der Waals surface area contributed by atoms with Gasteiger partial charge in [-0.2, -0.15) is 9.37 Å². The largest absolute Gasteiger partial charge is 0.362 e. The topological polar surface area (TPSA) is 76.7 Å². The van der Waals surface area contributed by atoms with Crippen LogP contribution in [0, 0.1) is 12.9 Å². The molecule has 0 aliphatic rings. The van der Waals surface area contributed by atoms with E-state index < -0.39 is 5.95 Å². The molecule has 0 saturated carbocycles. The quantitative estimate of drug-likeness (QED) is 0.757. The van der Waals surface area contributed by atoms with Crippen LogP contribution in [0.5, 0.6) is 0 Å². The predicted molar refractivity (Wildman–Crippen MR) is 48.4 cm³/mol. The second-order valence-corrected chi connectivity index (χ2v) is 2.81. The van der Waals surface area contributed by atoms with Crippen LogP contribution in [0.25, 0.3) is 0 Å². The summed E-state index contributed by atoms with van der Waals surface area (Å²) >= 11 is 0. The Morgan fingerprint density at radius 1 is 1.47 bits per heavy atom. The van der Waals surface area contributed by atoms with Gasteiger partial charge >= 0.3 is 0 Å². The number of hydrogen-bond acceptors (Lipinski definition) is 6. The zero-order chi connectivity index (χ0) is 10.7. The molecule has 0 unspecified atom stereocenters. The normalized spacial score (nSPS) is 10.3. The number of aryl methyl sites for hydroxylation is 1. The number of hydrogen-bond donors (Lipinski definition) is 1. The minimum Gasteiger partial charge on any atom is -0.362 e. The first-order valence-corrected chi connectivity index (χ1v) is 4.24. The second kappa shape index (κ2) is 3.99. The van der Waals surface area contributed by atoms with Crippen LogP contribution < -0.4 is 5.32 Å². The van der Waals surface area contributed by atoms with Crippen molar-refractivity contribution in [1.82, 2.24) is 20.1 Å². The lowest BCUT2D eigenvalue weighted by atomic mass is 10.5. The minimum absolute atomic E-state index is 0.327. The van der Waals surface area contributed by atoms with E-state index >= 15 is 0 Å². The first-order valence-electron chi connectivity index (χ1n) is 4.24. The van der Waals surface area contributed by atoms with Crippen LogP contribution in [0.1, 0.15) is 11.7 Å². The maximum absolute atomic E-state index is 12.7. The third-order valence-electron chi connectivity index (χ3n) is 1.63. The van der Waals surface area contributed by atoms with Crippen molar-refractivity contribution in [3.05, 3.63) is 30.1 Å². The minimum atomic E-state index is -0.586. The SMILES string of the molecule is Cc1nc(CNc2cc(F)ncn2)no1. The van der Waals surface area contributed by atoms with Crippen LogP contribution in [-0.2, 0) is 6.54 Å². The average Bonchev–Trinajstić information content (AvgIpc) is 2.62. The highest BCUT2D eigenvalue weighted by Gasteiger charge is 2.02. The van der Waals surface area contributed by atoms with Crippen molar-refractivity contribution < 1.29 is 8.91 Å². The van der Waals surface area contributed by atoms with Crippen molar-refractivity contribution >= 4 is 5.82 Å². The lowest BCUT2D eigenvalue weighted by Gasteiger charge is -2.00. The summed E-state index contributed by atoms with van der Waals surface area (Å²) in [5.41, 5.74) is 0. The lowest BCUT2D eigenvalue weighted by Crippen LogP contribution is -2.03. The van der Waals surface area contributed by atoms with Gasteiger partial charge in [0.25, 0.3) is 0 Å². The number of nitrogens with one attached hydrogen (secondary N) is 1. The number of rotatable bonds is 3. The molecular formula is C8H8FN5O. The molecule has 15 heavy (non-hydrogen) atoms. The van der Waals surface area contributed by atoms with Gasteiger partial charge < -0.3 is 9.84 Å². The van der Waals surface area contributed by atoms with Crippen LogP contribution in [0.4, 0.5) is 10.2 Å². The standard InChI is InChI=1S/C8H8FN5O/c1-5-13-8(14-15-5)3-10-7-2-6(9)11-4-12-7/h2,4H,3H2,1H3,(H,10,11,12). The fourth-order valence-electron chi connectivity index (χ4n) is 1.01. The van der Waals surface area contributed by atoms with Crippen LogP contribution >= 0.6 is 0 Å². The Labute approximate surface area is 84.6 Å². The third-order valence-corrected chi connectivity index (χ3v) is 1.63. The van der Waals surface area contributed by atoms with Crippen molar-refractivity contribution in [3.63, 3.8) is 0 Å². The Bertz CT molecular complexity index is 458. The highest BCUT2D eigenvalue weighted by Crippen LogP contribution is 2.04. The van der Waals surface area contributed by atoms with E-state index in [2.05, 4.69) is 25.4 Å². The van der Waals surface area contributed by atoms with E-state index in [-0.39, 0.29) is 0 Å². The van der Waals surface area contributed by atoms with E-state index in [0.717, 1.165) is 6.33 Å². The molecule has 78 valence electrons. The van der Waals surface area contributed by atoms with Gasteiger partial charge in [0.15, 0.2) is 5.82 Å². The summed E-state index contributed by atoms with van der Waals surface area (Å²) in [6.45, 7) is 2.02. The highest BCUT2D eigenvalue weighted by atomic mass is 19.1. The van der Waals surface area contributed by atoms with Gasteiger partial charge in [-0.25, -0.2) is 9.97 Å². The average molecular weight is 209 g/mol. The Balaban J connectivity index is 1.99. The zero-order valence-corrected chi connectivity index (χ0v) is 7.94. The molecule has 1 N–H and O–H groups in total. The van der Waals surface area contributed by atoms with Gasteiger partial charge in [-0.05, 0) is 0 Å². The Morgan fingerprint density at radius 3 is 3.00 bits per heavy atom.